The fraction of sp³-hybridized carbons (Fsp3) is 0.113. The van der Waals surface area contributed by atoms with E-state index < -0.39 is 5.97 Å². The molecular weight excluding hydrogens is 1110 g/mol. The summed E-state index contributed by atoms with van der Waals surface area (Å²) in [6, 6.07) is 50.8. The van der Waals surface area contributed by atoms with Crippen molar-refractivity contribution < 1.29 is 47.8 Å². The molecule has 0 fully saturated rings. The highest BCUT2D eigenvalue weighted by atomic mass is 32.1. The molecule has 432 valence electrons. The van der Waals surface area contributed by atoms with Gasteiger partial charge in [0.1, 0.15) is 50.9 Å². The molecule has 10 aromatic rings. The van der Waals surface area contributed by atoms with Crippen molar-refractivity contribution in [2.45, 2.75) is 0 Å². The van der Waals surface area contributed by atoms with Gasteiger partial charge in [-0.1, -0.05) is 48.2 Å². The zero-order valence-corrected chi connectivity index (χ0v) is 49.5. The lowest BCUT2D eigenvalue weighted by Crippen LogP contribution is -2.12. The van der Waals surface area contributed by atoms with Crippen LogP contribution in [0, 0.1) is 11.8 Å². The van der Waals surface area contributed by atoms with Crippen LogP contribution in [-0.2, 0) is 0 Å². The van der Waals surface area contributed by atoms with E-state index in [1.54, 1.807) is 69.0 Å². The number of H-pyrrole nitrogens is 2. The molecule has 0 saturated carbocycles. The van der Waals surface area contributed by atoms with Crippen LogP contribution in [-0.4, -0.2) is 87.9 Å². The minimum absolute atomic E-state index is 0.177. The molecule has 3 N–H and O–H groups in total. The zero-order valence-electron chi connectivity index (χ0n) is 48.7. The summed E-state index contributed by atoms with van der Waals surface area (Å²) in [4.78, 5) is 33.6. The fourth-order valence-electron chi connectivity index (χ4n) is 11.0. The first-order valence-corrected chi connectivity index (χ1v) is 28.3. The molecule has 4 aromatic heterocycles. The number of benzene rings is 6. The lowest BCUT2D eigenvalue weighted by atomic mass is 10.0. The zero-order chi connectivity index (χ0) is 60.3. The molecule has 8 bridgehead atoms. The number of hydrogen-bond acceptors (Lipinski definition) is 13. The number of rotatable bonds is 16. The van der Waals surface area contributed by atoms with Crippen molar-refractivity contribution in [1.82, 2.24) is 19.9 Å². The van der Waals surface area contributed by atoms with Crippen LogP contribution in [0.3, 0.4) is 0 Å². The Hall–Kier alpha value is -11.2. The lowest BCUT2D eigenvalue weighted by molar-refractivity contribution is 0.0702. The van der Waals surface area contributed by atoms with Crippen LogP contribution < -0.4 is 42.8 Å². The Labute approximate surface area is 505 Å². The minimum atomic E-state index is -1.03. The first-order valence-electron chi connectivity index (χ1n) is 27.5. The van der Waals surface area contributed by atoms with E-state index in [0.29, 0.717) is 129 Å². The van der Waals surface area contributed by atoms with E-state index in [9.17, 15) is 9.90 Å². The Morgan fingerprint density at radius 1 is 0.437 bits per heavy atom. The monoisotopic (exact) mass is 1170 g/mol. The van der Waals surface area contributed by atoms with Crippen LogP contribution in [0.2, 0.25) is 0 Å². The van der Waals surface area contributed by atoms with Crippen molar-refractivity contribution in [3.05, 3.63) is 196 Å². The Bertz CT molecular complexity index is 4430. The van der Waals surface area contributed by atoms with Crippen LogP contribution in [0.1, 0.15) is 42.9 Å². The van der Waals surface area contributed by atoms with Crippen molar-refractivity contribution in [3.63, 3.8) is 0 Å². The van der Waals surface area contributed by atoms with E-state index in [4.69, 9.17) is 47.9 Å². The number of ether oxygens (including phenoxy) is 8. The van der Waals surface area contributed by atoms with Gasteiger partial charge in [0.05, 0.1) is 118 Å². The summed E-state index contributed by atoms with van der Waals surface area (Å²) in [5, 5.41) is 9.82. The van der Waals surface area contributed by atoms with Gasteiger partial charge in [0.25, 0.3) is 0 Å². The number of carbonyl (C=O) groups is 1. The van der Waals surface area contributed by atoms with Crippen molar-refractivity contribution in [2.75, 3.05) is 61.8 Å². The van der Waals surface area contributed by atoms with Gasteiger partial charge >= 0.3 is 5.97 Å². The summed E-state index contributed by atoms with van der Waals surface area (Å²) in [5.41, 5.74) is 14.1. The van der Waals surface area contributed by atoms with E-state index >= 15 is 0 Å². The molecule has 6 heterocycles. The van der Waals surface area contributed by atoms with E-state index in [1.807, 2.05) is 121 Å². The molecule has 87 heavy (non-hydrogen) atoms. The molecular formula is C71H57N5O10S. The highest BCUT2D eigenvalue weighted by Crippen LogP contribution is 2.48. The number of nitrogens with zero attached hydrogens (tertiary/aromatic N) is 3. The second kappa shape index (κ2) is 24.2. The van der Waals surface area contributed by atoms with Gasteiger partial charge in [-0.2, -0.15) is 0 Å². The highest BCUT2D eigenvalue weighted by molar-refractivity contribution is 7.14. The molecule has 0 radical (unpaired) electrons. The number of hydrogen-bond donors (Lipinski definition) is 3. The van der Waals surface area contributed by atoms with E-state index in [1.165, 1.54) is 0 Å². The first kappa shape index (κ1) is 56.3. The van der Waals surface area contributed by atoms with Crippen molar-refractivity contribution in [1.29, 1.82) is 0 Å². The smallest absolute Gasteiger partial charge is 0.345 e. The number of aromatic carboxylic acids is 1. The average Bonchev–Trinajstić information content (AvgIpc) is 1.79. The maximum Gasteiger partial charge on any atom is 0.345 e. The summed E-state index contributed by atoms with van der Waals surface area (Å²) in [6.45, 7) is 0. The van der Waals surface area contributed by atoms with Crippen LogP contribution >= 0.6 is 11.3 Å². The topological polar surface area (TPSA) is 172 Å². The molecule has 0 atom stereocenters. The summed E-state index contributed by atoms with van der Waals surface area (Å²) >= 11 is 1.10. The van der Waals surface area contributed by atoms with Gasteiger partial charge in [0.15, 0.2) is 0 Å². The normalized spacial score (nSPS) is 11.4. The van der Waals surface area contributed by atoms with E-state index in [0.717, 1.165) is 45.0 Å². The van der Waals surface area contributed by atoms with E-state index in [-0.39, 0.29) is 4.88 Å². The number of anilines is 3. The average molecular weight is 1170 g/mol. The molecule has 6 aromatic carbocycles. The Balaban J connectivity index is 1.21. The van der Waals surface area contributed by atoms with Gasteiger partial charge < -0.3 is 57.9 Å². The molecule has 0 spiro atoms. The number of aromatic amines is 2. The first-order chi connectivity index (χ1) is 42.6. The number of carboxylic acids is 1. The standard InChI is InChI=1S/C71H57N5O10S/c1-79-45-23-27-48(63(39-45)85-7)41-15-19-43(20-16-41)76(44-21-17-42(18-22-44)49-28-24-46(80-2)40-64(49)86-8)70-57-36-34-55(74-57)66(68-59(81-3)11-9-12-60(68)82-4)53-32-30-51(72-53)50(29-25-47-26-38-65(87-47)71(77)78)52-31-33-54(73-52)67(56-35-37-58(70)75-56)69-61(83-5)13-10-14-62(69)84-6/h9-24,26-28,30-40,72,75H,1-8H3,(H,77,78). The SMILES string of the molecule is COc1ccc(-c2ccc(N(c3ccc(-c4ccc(OC)cc4OC)cc3)c3c4nc(c(-c5c(OC)cccc5OC)c5ccc([nH]5)c(C#Cc5ccc(C(=O)O)s5)c5nc(c(-c6c(OC)cccc6OC)c6ccc3[nH]6)C=C5)C=C4)cc2)c(OC)c1. The molecule has 0 unspecified atom stereocenters. The summed E-state index contributed by atoms with van der Waals surface area (Å²) in [5.74, 6) is 10.5. The second-order valence-corrected chi connectivity index (χ2v) is 20.9. The molecule has 12 rings (SSSR count). The number of nitrogens with one attached hydrogen (secondary N) is 2. The largest absolute Gasteiger partial charge is 0.497 e. The van der Waals surface area contributed by atoms with Gasteiger partial charge in [-0.25, -0.2) is 14.8 Å². The van der Waals surface area contributed by atoms with Gasteiger partial charge in [-0.15, -0.1) is 11.3 Å². The quantitative estimate of drug-likeness (QED) is 0.0781. The summed E-state index contributed by atoms with van der Waals surface area (Å²) in [7, 11) is 13.1. The second-order valence-electron chi connectivity index (χ2n) is 19.8. The van der Waals surface area contributed by atoms with Crippen molar-refractivity contribution >= 4 is 80.7 Å². The molecule has 2 aliphatic heterocycles. The molecule has 16 heteroatoms. The number of methoxy groups -OCH3 is 8. The predicted molar refractivity (Wildman–Crippen MR) is 345 cm³/mol. The third-order valence-electron chi connectivity index (χ3n) is 15.1. The maximum absolute atomic E-state index is 12.0. The van der Waals surface area contributed by atoms with Crippen LogP contribution in [0.5, 0.6) is 46.0 Å². The maximum atomic E-state index is 12.0. The fourth-order valence-corrected chi connectivity index (χ4v) is 11.7. The summed E-state index contributed by atoms with van der Waals surface area (Å²) in [6.07, 6.45) is 7.89. The van der Waals surface area contributed by atoms with Crippen molar-refractivity contribution in [3.8, 4) is 102 Å². The number of thiophene rings is 1. The van der Waals surface area contributed by atoms with Gasteiger partial charge in [-0.05, 0) is 145 Å². The predicted octanol–water partition coefficient (Wildman–Crippen LogP) is 16.0. The highest BCUT2D eigenvalue weighted by Gasteiger charge is 2.27. The van der Waals surface area contributed by atoms with Crippen LogP contribution in [0.15, 0.2) is 158 Å². The molecule has 0 amide bonds. The number of carboxylic acid groups (broad SMARTS) is 1. The Kier molecular flexibility index (Phi) is 15.7. The van der Waals surface area contributed by atoms with Gasteiger partial charge in [0.2, 0.25) is 0 Å². The Morgan fingerprint density at radius 3 is 1.33 bits per heavy atom. The third kappa shape index (κ3) is 10.7. The Morgan fingerprint density at radius 2 is 0.874 bits per heavy atom. The van der Waals surface area contributed by atoms with Crippen LogP contribution in [0.25, 0.3) is 90.9 Å². The van der Waals surface area contributed by atoms with Crippen molar-refractivity contribution in [2.24, 2.45) is 0 Å². The summed E-state index contributed by atoms with van der Waals surface area (Å²) < 4.78 is 47.5. The third-order valence-corrected chi connectivity index (χ3v) is 16.1. The number of fused-ring (bicyclic) bond motifs is 8. The van der Waals surface area contributed by atoms with Gasteiger partial charge in [0, 0.05) is 56.8 Å². The molecule has 2 aliphatic rings. The lowest BCUT2D eigenvalue weighted by Gasteiger charge is -2.27. The molecule has 0 saturated heterocycles. The number of aromatic nitrogens is 4. The minimum Gasteiger partial charge on any atom is -0.497 e. The van der Waals surface area contributed by atoms with Crippen LogP contribution in [0.4, 0.5) is 17.1 Å². The van der Waals surface area contributed by atoms with Gasteiger partial charge in [-0.3, -0.25) is 0 Å². The van der Waals surface area contributed by atoms with E-state index in [2.05, 4.69) is 75.2 Å². The molecule has 15 nitrogen and oxygen atoms in total. The molecule has 0 aliphatic carbocycles.